The summed E-state index contributed by atoms with van der Waals surface area (Å²) in [7, 11) is 0. The van der Waals surface area contributed by atoms with E-state index in [-0.39, 0.29) is 11.9 Å². The Hall–Kier alpha value is -1.54. The molecule has 2 aromatic rings. The number of hydrogen-bond acceptors (Lipinski definition) is 1. The Balaban J connectivity index is 2.02. The third-order valence-corrected chi connectivity index (χ3v) is 3.23. The maximum absolute atomic E-state index is 13.6. The number of halogens is 2. The lowest BCUT2D eigenvalue weighted by Gasteiger charge is -2.16. The minimum Gasteiger partial charge on any atom is -0.380 e. The molecule has 0 saturated heterocycles. The van der Waals surface area contributed by atoms with Crippen molar-refractivity contribution in [3.8, 4) is 0 Å². The van der Waals surface area contributed by atoms with Crippen LogP contribution in [0.15, 0.2) is 42.5 Å². The van der Waals surface area contributed by atoms with Crippen LogP contribution in [-0.2, 0) is 6.42 Å². The van der Waals surface area contributed by atoms with Crippen LogP contribution in [0.3, 0.4) is 0 Å². The summed E-state index contributed by atoms with van der Waals surface area (Å²) in [5.41, 5.74) is 2.78. The van der Waals surface area contributed by atoms with Gasteiger partial charge in [0.1, 0.15) is 5.82 Å². The Morgan fingerprint density at radius 3 is 2.53 bits per heavy atom. The number of hydrogen-bond donors (Lipinski definition) is 1. The molecular weight excluding hydrogens is 261 g/mol. The molecule has 0 spiro atoms. The SMILES string of the molecule is Cc1ccc(F)c(NC(C)Cc2ccc(Cl)cc2)c1. The van der Waals surface area contributed by atoms with Crippen molar-refractivity contribution >= 4 is 17.3 Å². The van der Waals surface area contributed by atoms with Crippen molar-refractivity contribution in [2.45, 2.75) is 26.3 Å². The van der Waals surface area contributed by atoms with E-state index >= 15 is 0 Å². The standard InChI is InChI=1S/C16H17ClFN/c1-11-3-8-15(18)16(9-11)19-12(2)10-13-4-6-14(17)7-5-13/h3-9,12,19H,10H2,1-2H3. The third-order valence-electron chi connectivity index (χ3n) is 2.98. The van der Waals surface area contributed by atoms with Crippen LogP contribution >= 0.6 is 11.6 Å². The van der Waals surface area contributed by atoms with Gasteiger partial charge in [-0.3, -0.25) is 0 Å². The van der Waals surface area contributed by atoms with E-state index in [1.165, 1.54) is 11.6 Å². The minimum atomic E-state index is -0.214. The first-order valence-electron chi connectivity index (χ1n) is 6.32. The van der Waals surface area contributed by atoms with E-state index in [0.29, 0.717) is 5.69 Å². The van der Waals surface area contributed by atoms with Gasteiger partial charge < -0.3 is 5.32 Å². The van der Waals surface area contributed by atoms with E-state index in [1.807, 2.05) is 44.2 Å². The normalized spacial score (nSPS) is 12.2. The molecule has 100 valence electrons. The first-order valence-corrected chi connectivity index (χ1v) is 6.69. The van der Waals surface area contributed by atoms with Crippen molar-refractivity contribution in [1.29, 1.82) is 0 Å². The van der Waals surface area contributed by atoms with Gasteiger partial charge in [-0.15, -0.1) is 0 Å². The van der Waals surface area contributed by atoms with E-state index in [2.05, 4.69) is 5.32 Å². The summed E-state index contributed by atoms with van der Waals surface area (Å²) in [5, 5.41) is 3.94. The van der Waals surface area contributed by atoms with Crippen LogP contribution in [0.25, 0.3) is 0 Å². The van der Waals surface area contributed by atoms with Gasteiger partial charge in [0.15, 0.2) is 0 Å². The van der Waals surface area contributed by atoms with Crippen LogP contribution in [0.2, 0.25) is 5.02 Å². The molecule has 0 radical (unpaired) electrons. The summed E-state index contributed by atoms with van der Waals surface area (Å²) in [6.45, 7) is 3.99. The Kier molecular flexibility index (Phi) is 4.43. The van der Waals surface area contributed by atoms with Crippen LogP contribution in [-0.4, -0.2) is 6.04 Å². The van der Waals surface area contributed by atoms with Gasteiger partial charge in [0, 0.05) is 11.1 Å². The molecule has 0 aliphatic heterocycles. The molecule has 0 aliphatic carbocycles. The van der Waals surface area contributed by atoms with Crippen molar-refractivity contribution in [2.75, 3.05) is 5.32 Å². The second-order valence-corrected chi connectivity index (χ2v) is 5.30. The lowest BCUT2D eigenvalue weighted by molar-refractivity contribution is 0.625. The van der Waals surface area contributed by atoms with Crippen LogP contribution in [0.1, 0.15) is 18.1 Å². The molecule has 3 heteroatoms. The van der Waals surface area contributed by atoms with Crippen LogP contribution in [0.5, 0.6) is 0 Å². The topological polar surface area (TPSA) is 12.0 Å². The van der Waals surface area contributed by atoms with Crippen molar-refractivity contribution in [1.82, 2.24) is 0 Å². The molecule has 2 aromatic carbocycles. The molecule has 0 aliphatic rings. The van der Waals surface area contributed by atoms with Gasteiger partial charge >= 0.3 is 0 Å². The summed E-state index contributed by atoms with van der Waals surface area (Å²) in [6, 6.07) is 13.0. The Bertz CT molecular complexity index is 551. The van der Waals surface area contributed by atoms with Crippen LogP contribution < -0.4 is 5.32 Å². The maximum Gasteiger partial charge on any atom is 0.146 e. The Morgan fingerprint density at radius 1 is 1.16 bits per heavy atom. The predicted octanol–water partition coefficient (Wildman–Crippen LogP) is 4.83. The fourth-order valence-corrected chi connectivity index (χ4v) is 2.17. The average Bonchev–Trinajstić information content (AvgIpc) is 2.37. The van der Waals surface area contributed by atoms with Crippen LogP contribution in [0.4, 0.5) is 10.1 Å². The van der Waals surface area contributed by atoms with E-state index < -0.39 is 0 Å². The lowest BCUT2D eigenvalue weighted by Crippen LogP contribution is -2.18. The van der Waals surface area contributed by atoms with E-state index in [1.54, 1.807) is 6.07 Å². The number of anilines is 1. The zero-order valence-electron chi connectivity index (χ0n) is 11.1. The monoisotopic (exact) mass is 277 g/mol. The second kappa shape index (κ2) is 6.07. The molecule has 1 nitrogen and oxygen atoms in total. The highest BCUT2D eigenvalue weighted by Crippen LogP contribution is 2.18. The van der Waals surface area contributed by atoms with E-state index in [0.717, 1.165) is 17.0 Å². The lowest BCUT2D eigenvalue weighted by atomic mass is 10.1. The molecule has 2 rings (SSSR count). The highest BCUT2D eigenvalue weighted by Gasteiger charge is 2.07. The molecular formula is C16H17ClFN. The molecule has 0 saturated carbocycles. The second-order valence-electron chi connectivity index (χ2n) is 4.86. The number of nitrogens with one attached hydrogen (secondary N) is 1. The highest BCUT2D eigenvalue weighted by molar-refractivity contribution is 6.30. The quantitative estimate of drug-likeness (QED) is 0.844. The highest BCUT2D eigenvalue weighted by atomic mass is 35.5. The van der Waals surface area contributed by atoms with Gasteiger partial charge in [-0.2, -0.15) is 0 Å². The van der Waals surface area contributed by atoms with Crippen molar-refractivity contribution < 1.29 is 4.39 Å². The zero-order valence-corrected chi connectivity index (χ0v) is 11.8. The zero-order chi connectivity index (χ0) is 13.8. The third kappa shape index (κ3) is 3.97. The maximum atomic E-state index is 13.6. The average molecular weight is 278 g/mol. The molecule has 0 aromatic heterocycles. The van der Waals surface area contributed by atoms with E-state index in [9.17, 15) is 4.39 Å². The summed E-state index contributed by atoms with van der Waals surface area (Å²) in [6.07, 6.45) is 0.824. The Morgan fingerprint density at radius 2 is 1.84 bits per heavy atom. The molecule has 0 fully saturated rings. The Labute approximate surface area is 118 Å². The van der Waals surface area contributed by atoms with Crippen molar-refractivity contribution in [3.05, 3.63) is 64.4 Å². The summed E-state index contributed by atoms with van der Waals surface area (Å²) < 4.78 is 13.6. The van der Waals surface area contributed by atoms with Gasteiger partial charge in [-0.1, -0.05) is 29.8 Å². The first-order chi connectivity index (χ1) is 9.04. The largest absolute Gasteiger partial charge is 0.380 e. The molecule has 0 bridgehead atoms. The van der Waals surface area contributed by atoms with Gasteiger partial charge in [0.2, 0.25) is 0 Å². The van der Waals surface area contributed by atoms with E-state index in [4.69, 9.17) is 11.6 Å². The molecule has 1 atom stereocenters. The fourth-order valence-electron chi connectivity index (χ4n) is 2.04. The van der Waals surface area contributed by atoms with Crippen molar-refractivity contribution in [3.63, 3.8) is 0 Å². The number of aryl methyl sites for hydroxylation is 1. The van der Waals surface area contributed by atoms with Gasteiger partial charge in [0.25, 0.3) is 0 Å². The van der Waals surface area contributed by atoms with Crippen LogP contribution in [0, 0.1) is 12.7 Å². The summed E-state index contributed by atoms with van der Waals surface area (Å²) in [5.74, 6) is -0.214. The molecule has 1 unspecified atom stereocenters. The summed E-state index contributed by atoms with van der Waals surface area (Å²) in [4.78, 5) is 0. The molecule has 0 amide bonds. The summed E-state index contributed by atoms with van der Waals surface area (Å²) >= 11 is 5.85. The van der Waals surface area contributed by atoms with Crippen molar-refractivity contribution in [2.24, 2.45) is 0 Å². The minimum absolute atomic E-state index is 0.150. The smallest absolute Gasteiger partial charge is 0.146 e. The molecule has 19 heavy (non-hydrogen) atoms. The predicted molar refractivity (Wildman–Crippen MR) is 79.4 cm³/mol. The number of benzene rings is 2. The molecule has 1 N–H and O–H groups in total. The first kappa shape index (κ1) is 13.9. The molecule has 0 heterocycles. The van der Waals surface area contributed by atoms with Gasteiger partial charge in [-0.05, 0) is 55.7 Å². The van der Waals surface area contributed by atoms with Gasteiger partial charge in [-0.25, -0.2) is 4.39 Å². The number of rotatable bonds is 4. The van der Waals surface area contributed by atoms with Gasteiger partial charge in [0.05, 0.1) is 5.69 Å². The fraction of sp³-hybridized carbons (Fsp3) is 0.250.